The summed E-state index contributed by atoms with van der Waals surface area (Å²) in [5, 5.41) is 12.2. The van der Waals surface area contributed by atoms with E-state index in [0.717, 1.165) is 0 Å². The highest BCUT2D eigenvalue weighted by atomic mass is 19.1. The lowest BCUT2D eigenvalue weighted by molar-refractivity contribution is -0.112. The molecule has 3 aromatic carbocycles. The normalized spacial score (nSPS) is 10.8. The Bertz CT molecular complexity index is 1180. The fourth-order valence-corrected chi connectivity index (χ4v) is 2.98. The molecule has 0 radical (unpaired) electrons. The molecule has 7 heteroatoms. The van der Waals surface area contributed by atoms with Gasteiger partial charge in [0.2, 0.25) is 0 Å². The minimum absolute atomic E-state index is 0.0339. The quantitative estimate of drug-likeness (QED) is 0.354. The number of amides is 1. The number of benzene rings is 3. The molecule has 1 N–H and O–H groups in total. The summed E-state index contributed by atoms with van der Waals surface area (Å²) in [4.78, 5) is 12.5. The van der Waals surface area contributed by atoms with Crippen LogP contribution in [0.5, 0.6) is 17.2 Å². The van der Waals surface area contributed by atoms with Gasteiger partial charge in [-0.15, -0.1) is 0 Å². The van der Waals surface area contributed by atoms with Gasteiger partial charge in [-0.25, -0.2) is 4.39 Å². The van der Waals surface area contributed by atoms with E-state index < -0.39 is 5.91 Å². The van der Waals surface area contributed by atoms with Gasteiger partial charge in [0.25, 0.3) is 5.91 Å². The number of nitrogens with one attached hydrogen (secondary N) is 1. The van der Waals surface area contributed by atoms with E-state index >= 15 is 0 Å². The fraction of sp³-hybridized carbons (Fsp3) is 0.154. The van der Waals surface area contributed by atoms with Crippen LogP contribution in [-0.4, -0.2) is 19.6 Å². The minimum atomic E-state index is -0.541. The SMILES string of the molecule is CCOc1ccc(NC(=O)/C(C#N)=C/c2ccc(OCc3ccccc3F)c(OC)c2)cc1. The van der Waals surface area contributed by atoms with Crippen molar-refractivity contribution >= 4 is 17.7 Å². The average molecular weight is 446 g/mol. The molecule has 0 bridgehead atoms. The summed E-state index contributed by atoms with van der Waals surface area (Å²) in [7, 11) is 1.47. The van der Waals surface area contributed by atoms with Gasteiger partial charge in [0.1, 0.15) is 29.8 Å². The van der Waals surface area contributed by atoms with E-state index in [0.29, 0.717) is 40.7 Å². The highest BCUT2D eigenvalue weighted by Gasteiger charge is 2.12. The molecule has 1 amide bonds. The van der Waals surface area contributed by atoms with Gasteiger partial charge in [0.05, 0.1) is 13.7 Å². The molecule has 0 atom stereocenters. The maximum Gasteiger partial charge on any atom is 0.266 e. The number of carbonyl (C=O) groups is 1. The van der Waals surface area contributed by atoms with Crippen molar-refractivity contribution in [3.63, 3.8) is 0 Å². The standard InChI is InChI=1S/C26H23FN2O4/c1-3-32-22-11-9-21(10-12-22)29-26(30)20(16-28)14-18-8-13-24(25(15-18)31-2)33-17-19-6-4-5-7-23(19)27/h4-15H,3,17H2,1-2H3,(H,29,30)/b20-14+. The first kappa shape index (κ1) is 23.4. The molecule has 0 aromatic heterocycles. The molecule has 0 heterocycles. The molecular formula is C26H23FN2O4. The Morgan fingerprint density at radius 2 is 1.82 bits per heavy atom. The van der Waals surface area contributed by atoms with Gasteiger partial charge in [-0.3, -0.25) is 4.79 Å². The highest BCUT2D eigenvalue weighted by molar-refractivity contribution is 6.09. The molecule has 0 aliphatic heterocycles. The van der Waals surface area contributed by atoms with Crippen molar-refractivity contribution in [2.45, 2.75) is 13.5 Å². The van der Waals surface area contributed by atoms with Crippen molar-refractivity contribution in [2.75, 3.05) is 19.0 Å². The summed E-state index contributed by atoms with van der Waals surface area (Å²) in [5.41, 5.74) is 1.45. The fourth-order valence-electron chi connectivity index (χ4n) is 2.98. The van der Waals surface area contributed by atoms with Gasteiger partial charge in [0.15, 0.2) is 11.5 Å². The Hall–Kier alpha value is -4.31. The largest absolute Gasteiger partial charge is 0.494 e. The van der Waals surface area contributed by atoms with Crippen LogP contribution in [0.3, 0.4) is 0 Å². The molecule has 0 aliphatic rings. The first-order valence-corrected chi connectivity index (χ1v) is 10.2. The van der Waals surface area contributed by atoms with Crippen molar-refractivity contribution < 1.29 is 23.4 Å². The number of ether oxygens (including phenoxy) is 3. The van der Waals surface area contributed by atoms with Crippen molar-refractivity contribution in [1.29, 1.82) is 5.26 Å². The Morgan fingerprint density at radius 3 is 2.48 bits per heavy atom. The monoisotopic (exact) mass is 446 g/mol. The third-order valence-electron chi connectivity index (χ3n) is 4.63. The number of nitrogens with zero attached hydrogens (tertiary/aromatic N) is 1. The molecule has 0 fully saturated rings. The predicted molar refractivity (Wildman–Crippen MR) is 124 cm³/mol. The van der Waals surface area contributed by atoms with Crippen LogP contribution in [0, 0.1) is 17.1 Å². The van der Waals surface area contributed by atoms with Gasteiger partial charge in [-0.2, -0.15) is 5.26 Å². The Balaban J connectivity index is 1.72. The van der Waals surface area contributed by atoms with Crippen molar-refractivity contribution in [3.05, 3.63) is 89.2 Å². The zero-order chi connectivity index (χ0) is 23.6. The molecule has 6 nitrogen and oxygen atoms in total. The van der Waals surface area contributed by atoms with Gasteiger partial charge in [-0.1, -0.05) is 24.3 Å². The summed E-state index contributed by atoms with van der Waals surface area (Å²) < 4.78 is 30.2. The maximum atomic E-state index is 13.8. The molecule has 0 saturated carbocycles. The minimum Gasteiger partial charge on any atom is -0.494 e. The summed E-state index contributed by atoms with van der Waals surface area (Å²) in [6, 6.07) is 20.1. The zero-order valence-corrected chi connectivity index (χ0v) is 18.3. The van der Waals surface area contributed by atoms with E-state index in [-0.39, 0.29) is 18.0 Å². The molecule has 0 aliphatic carbocycles. The average Bonchev–Trinajstić information content (AvgIpc) is 2.83. The Morgan fingerprint density at radius 1 is 1.06 bits per heavy atom. The van der Waals surface area contributed by atoms with E-state index in [1.165, 1.54) is 19.3 Å². The van der Waals surface area contributed by atoms with Crippen LogP contribution in [-0.2, 0) is 11.4 Å². The molecule has 0 unspecified atom stereocenters. The molecule has 3 rings (SSSR count). The Kier molecular flexibility index (Phi) is 8.03. The van der Waals surface area contributed by atoms with E-state index in [2.05, 4.69) is 5.32 Å². The zero-order valence-electron chi connectivity index (χ0n) is 18.3. The number of rotatable bonds is 9. The first-order chi connectivity index (χ1) is 16.0. The number of hydrogen-bond acceptors (Lipinski definition) is 5. The number of anilines is 1. The topological polar surface area (TPSA) is 80.6 Å². The van der Waals surface area contributed by atoms with Crippen molar-refractivity contribution in [2.24, 2.45) is 0 Å². The second kappa shape index (κ2) is 11.3. The number of methoxy groups -OCH3 is 1. The van der Waals surface area contributed by atoms with E-state index in [9.17, 15) is 14.4 Å². The summed E-state index contributed by atoms with van der Waals surface area (Å²) in [5.74, 6) is 0.601. The van der Waals surface area contributed by atoms with Crippen molar-refractivity contribution in [1.82, 2.24) is 0 Å². The summed E-state index contributed by atoms with van der Waals surface area (Å²) >= 11 is 0. The lowest BCUT2D eigenvalue weighted by atomic mass is 10.1. The lowest BCUT2D eigenvalue weighted by Crippen LogP contribution is -2.13. The molecule has 3 aromatic rings. The lowest BCUT2D eigenvalue weighted by Gasteiger charge is -2.12. The highest BCUT2D eigenvalue weighted by Crippen LogP contribution is 2.30. The number of nitriles is 1. The van der Waals surface area contributed by atoms with Crippen LogP contribution in [0.1, 0.15) is 18.1 Å². The van der Waals surface area contributed by atoms with Gasteiger partial charge in [-0.05, 0) is 61.0 Å². The number of halogens is 1. The number of hydrogen-bond donors (Lipinski definition) is 1. The summed E-state index contributed by atoms with van der Waals surface area (Å²) in [6.07, 6.45) is 1.45. The molecule has 33 heavy (non-hydrogen) atoms. The number of carbonyl (C=O) groups excluding carboxylic acids is 1. The van der Waals surface area contributed by atoms with E-state index in [1.54, 1.807) is 60.7 Å². The van der Waals surface area contributed by atoms with E-state index in [1.807, 2.05) is 13.0 Å². The van der Waals surface area contributed by atoms with Crippen LogP contribution in [0.2, 0.25) is 0 Å². The molecule has 0 spiro atoms. The maximum absolute atomic E-state index is 13.8. The second-order valence-electron chi connectivity index (χ2n) is 6.87. The smallest absolute Gasteiger partial charge is 0.266 e. The molecule has 168 valence electrons. The van der Waals surface area contributed by atoms with Crippen LogP contribution in [0.25, 0.3) is 6.08 Å². The molecule has 0 saturated heterocycles. The van der Waals surface area contributed by atoms with Crippen LogP contribution in [0.4, 0.5) is 10.1 Å². The van der Waals surface area contributed by atoms with Gasteiger partial charge < -0.3 is 19.5 Å². The van der Waals surface area contributed by atoms with Crippen LogP contribution < -0.4 is 19.5 Å². The molecular weight excluding hydrogens is 423 g/mol. The third kappa shape index (κ3) is 6.34. The Labute approximate surface area is 191 Å². The predicted octanol–water partition coefficient (Wildman–Crippen LogP) is 5.36. The van der Waals surface area contributed by atoms with Gasteiger partial charge >= 0.3 is 0 Å². The van der Waals surface area contributed by atoms with Crippen molar-refractivity contribution in [3.8, 4) is 23.3 Å². The first-order valence-electron chi connectivity index (χ1n) is 10.2. The van der Waals surface area contributed by atoms with E-state index in [4.69, 9.17) is 14.2 Å². The second-order valence-corrected chi connectivity index (χ2v) is 6.87. The third-order valence-corrected chi connectivity index (χ3v) is 4.63. The van der Waals surface area contributed by atoms with Crippen LogP contribution in [0.15, 0.2) is 72.3 Å². The van der Waals surface area contributed by atoms with Gasteiger partial charge in [0, 0.05) is 11.3 Å². The summed E-state index contributed by atoms with van der Waals surface area (Å²) in [6.45, 7) is 2.46. The van der Waals surface area contributed by atoms with Crippen LogP contribution >= 0.6 is 0 Å².